The lowest BCUT2D eigenvalue weighted by Gasteiger charge is -2.28. The fourth-order valence-corrected chi connectivity index (χ4v) is 4.01. The summed E-state index contributed by atoms with van der Waals surface area (Å²) in [5.41, 5.74) is 6.27. The standard InChI is InChI=1S/C27H24N6O2/c1-19(20-8-4-3-5-9-20)30-27-28-17-16-25(31-27)33(18-29-23-10-6-7-11-24(23)33)32-26(34)21-12-14-22(35-2)15-13-21/h3-19H,1-2H3,(H-,28,30,31,32,34)/p+1. The van der Waals surface area contributed by atoms with E-state index in [1.54, 1.807) is 50.0 Å². The molecule has 5 rings (SSSR count). The van der Waals surface area contributed by atoms with Crippen molar-refractivity contribution in [3.05, 3.63) is 102 Å². The number of carbonyl (C=O) groups is 1. The highest BCUT2D eigenvalue weighted by Gasteiger charge is 2.43. The molecule has 1 amide bonds. The van der Waals surface area contributed by atoms with Gasteiger partial charge < -0.3 is 10.1 Å². The van der Waals surface area contributed by atoms with Crippen molar-refractivity contribution in [2.45, 2.75) is 13.0 Å². The Morgan fingerprint density at radius 2 is 1.69 bits per heavy atom. The van der Waals surface area contributed by atoms with Gasteiger partial charge in [-0.15, -0.1) is 0 Å². The highest BCUT2D eigenvalue weighted by molar-refractivity contribution is 6.01. The summed E-state index contributed by atoms with van der Waals surface area (Å²) in [6.45, 7) is 2.05. The molecule has 0 spiro atoms. The summed E-state index contributed by atoms with van der Waals surface area (Å²) < 4.78 is 5.05. The van der Waals surface area contributed by atoms with Gasteiger partial charge in [-0.1, -0.05) is 47.1 Å². The zero-order valence-corrected chi connectivity index (χ0v) is 19.4. The Hall–Kier alpha value is -4.56. The summed E-state index contributed by atoms with van der Waals surface area (Å²) in [7, 11) is 1.59. The van der Waals surface area contributed by atoms with Gasteiger partial charge in [0.15, 0.2) is 5.69 Å². The van der Waals surface area contributed by atoms with Gasteiger partial charge in [-0.3, -0.25) is 4.79 Å². The van der Waals surface area contributed by atoms with Crippen LogP contribution in [0.2, 0.25) is 0 Å². The van der Waals surface area contributed by atoms with Crippen LogP contribution >= 0.6 is 0 Å². The van der Waals surface area contributed by atoms with Crippen molar-refractivity contribution < 1.29 is 9.53 Å². The Bertz CT molecular complexity index is 1370. The van der Waals surface area contributed by atoms with Crippen molar-refractivity contribution in [1.29, 1.82) is 0 Å². The molecule has 4 aromatic rings. The Morgan fingerprint density at radius 1 is 0.943 bits per heavy atom. The number of methoxy groups -OCH3 is 1. The second-order valence-electron chi connectivity index (χ2n) is 8.14. The summed E-state index contributed by atoms with van der Waals surface area (Å²) in [5, 5.41) is 3.36. The first-order chi connectivity index (χ1) is 17.1. The Labute approximate surface area is 203 Å². The Morgan fingerprint density at radius 3 is 2.46 bits per heavy atom. The second kappa shape index (κ2) is 9.36. The SMILES string of the molecule is COc1ccc(C(=O)N[N+]2(c3ccnc(NC(C)c4ccccc4)n3)C=Nc3ccccc32)cc1. The van der Waals surface area contributed by atoms with E-state index in [2.05, 4.69) is 20.7 Å². The topological polar surface area (TPSA) is 88.5 Å². The predicted molar refractivity (Wildman–Crippen MR) is 137 cm³/mol. The average Bonchev–Trinajstić information content (AvgIpc) is 3.29. The number of nitrogens with one attached hydrogen (secondary N) is 2. The number of anilines is 1. The Balaban J connectivity index is 1.51. The second-order valence-corrected chi connectivity index (χ2v) is 8.14. The lowest BCUT2D eigenvalue weighted by atomic mass is 10.1. The molecule has 174 valence electrons. The molecule has 0 saturated heterocycles. The van der Waals surface area contributed by atoms with Crippen LogP contribution in [0.4, 0.5) is 23.1 Å². The van der Waals surface area contributed by atoms with Gasteiger partial charge in [0.2, 0.25) is 12.3 Å². The van der Waals surface area contributed by atoms with Gasteiger partial charge in [0, 0.05) is 23.9 Å². The number of nitrogens with zero attached hydrogens (tertiary/aromatic N) is 4. The third kappa shape index (κ3) is 4.34. The molecule has 2 unspecified atom stereocenters. The van der Waals surface area contributed by atoms with Gasteiger partial charge in [0.1, 0.15) is 11.4 Å². The summed E-state index contributed by atoms with van der Waals surface area (Å²) in [5.74, 6) is 1.41. The first kappa shape index (κ1) is 22.2. The molecule has 35 heavy (non-hydrogen) atoms. The minimum absolute atomic E-state index is 0.00618. The van der Waals surface area contributed by atoms with E-state index in [9.17, 15) is 4.79 Å². The van der Waals surface area contributed by atoms with Gasteiger partial charge in [-0.25, -0.2) is 4.98 Å². The van der Waals surface area contributed by atoms with E-state index >= 15 is 0 Å². The summed E-state index contributed by atoms with van der Waals surface area (Å²) in [4.78, 5) is 27.1. The number of hydrogen-bond donors (Lipinski definition) is 2. The molecular formula is C27H25N6O2+. The van der Waals surface area contributed by atoms with Crippen LogP contribution in [0.1, 0.15) is 28.9 Å². The van der Waals surface area contributed by atoms with Crippen LogP contribution in [-0.4, -0.2) is 29.3 Å². The number of rotatable bonds is 7. The van der Waals surface area contributed by atoms with E-state index < -0.39 is 0 Å². The zero-order chi connectivity index (χ0) is 24.3. The van der Waals surface area contributed by atoms with Crippen LogP contribution in [0.25, 0.3) is 0 Å². The smallest absolute Gasteiger partial charge is 0.297 e. The van der Waals surface area contributed by atoms with Crippen LogP contribution in [0.15, 0.2) is 96.1 Å². The predicted octanol–water partition coefficient (Wildman–Crippen LogP) is 5.32. The normalized spacial score (nSPS) is 16.9. The summed E-state index contributed by atoms with van der Waals surface area (Å²) in [6, 6.07) is 26.5. The van der Waals surface area contributed by atoms with E-state index in [0.29, 0.717) is 23.1 Å². The molecule has 2 atom stereocenters. The maximum atomic E-state index is 13.3. The number of quaternary nitrogens is 1. The largest absolute Gasteiger partial charge is 0.497 e. The van der Waals surface area contributed by atoms with Crippen LogP contribution in [0.5, 0.6) is 5.75 Å². The van der Waals surface area contributed by atoms with Gasteiger partial charge in [-0.05, 0) is 42.8 Å². The molecule has 8 nitrogen and oxygen atoms in total. The number of para-hydroxylation sites is 2. The van der Waals surface area contributed by atoms with E-state index in [-0.39, 0.29) is 16.5 Å². The minimum Gasteiger partial charge on any atom is -0.497 e. The van der Waals surface area contributed by atoms with E-state index in [0.717, 1.165) is 16.9 Å². The first-order valence-electron chi connectivity index (χ1n) is 11.2. The monoisotopic (exact) mass is 465 g/mol. The van der Waals surface area contributed by atoms with Crippen LogP contribution in [-0.2, 0) is 0 Å². The fraction of sp³-hybridized carbons (Fsp3) is 0.111. The third-order valence-electron chi connectivity index (χ3n) is 5.91. The number of hydrogen-bond acceptors (Lipinski definition) is 6. The molecule has 0 aliphatic carbocycles. The maximum absolute atomic E-state index is 13.3. The van der Waals surface area contributed by atoms with Gasteiger partial charge in [0.05, 0.1) is 13.2 Å². The average molecular weight is 466 g/mol. The molecule has 0 radical (unpaired) electrons. The number of benzene rings is 3. The summed E-state index contributed by atoms with van der Waals surface area (Å²) >= 11 is 0. The molecule has 1 aliphatic rings. The Kier molecular flexibility index (Phi) is 5.95. The fourth-order valence-electron chi connectivity index (χ4n) is 4.01. The highest BCUT2D eigenvalue weighted by atomic mass is 16.5. The number of ether oxygens (including phenoxy) is 1. The first-order valence-corrected chi connectivity index (χ1v) is 11.2. The van der Waals surface area contributed by atoms with Crippen LogP contribution < -0.4 is 20.1 Å². The van der Waals surface area contributed by atoms with E-state index in [4.69, 9.17) is 9.72 Å². The highest BCUT2D eigenvalue weighted by Crippen LogP contribution is 2.42. The number of carbonyl (C=O) groups excluding carboxylic acids is 1. The lowest BCUT2D eigenvalue weighted by Crippen LogP contribution is -2.56. The number of fused-ring (bicyclic) bond motifs is 1. The quantitative estimate of drug-likeness (QED) is 0.361. The van der Waals surface area contributed by atoms with Gasteiger partial charge >= 0.3 is 0 Å². The molecule has 0 fully saturated rings. The van der Waals surface area contributed by atoms with Crippen molar-refractivity contribution in [2.24, 2.45) is 4.99 Å². The number of aromatic nitrogens is 2. The number of amides is 1. The molecule has 8 heteroatoms. The van der Waals surface area contributed by atoms with Crippen molar-refractivity contribution in [3.8, 4) is 5.75 Å². The minimum atomic E-state index is -0.276. The molecule has 1 aromatic heterocycles. The van der Waals surface area contributed by atoms with E-state index in [1.165, 1.54) is 0 Å². The van der Waals surface area contributed by atoms with Crippen molar-refractivity contribution >= 4 is 35.4 Å². The molecule has 2 heterocycles. The van der Waals surface area contributed by atoms with Gasteiger partial charge in [-0.2, -0.15) is 15.4 Å². The lowest BCUT2D eigenvalue weighted by molar-refractivity contribution is 0.0904. The maximum Gasteiger partial charge on any atom is 0.297 e. The van der Waals surface area contributed by atoms with E-state index in [1.807, 2.05) is 61.5 Å². The molecule has 0 saturated carbocycles. The molecule has 1 aliphatic heterocycles. The molecular weight excluding hydrogens is 440 g/mol. The van der Waals surface area contributed by atoms with Crippen molar-refractivity contribution in [1.82, 2.24) is 20.0 Å². The molecule has 2 N–H and O–H groups in total. The summed E-state index contributed by atoms with van der Waals surface area (Å²) in [6.07, 6.45) is 3.36. The molecule has 0 bridgehead atoms. The van der Waals surface area contributed by atoms with Crippen LogP contribution in [0.3, 0.4) is 0 Å². The third-order valence-corrected chi connectivity index (χ3v) is 5.91. The zero-order valence-electron chi connectivity index (χ0n) is 19.4. The van der Waals surface area contributed by atoms with Gasteiger partial charge in [0.25, 0.3) is 11.7 Å². The molecule has 3 aromatic carbocycles. The van der Waals surface area contributed by atoms with Crippen molar-refractivity contribution in [3.63, 3.8) is 0 Å². The number of aliphatic imine (C=N–C) groups is 1. The van der Waals surface area contributed by atoms with Crippen molar-refractivity contribution in [2.75, 3.05) is 12.4 Å². The van der Waals surface area contributed by atoms with Crippen LogP contribution in [0, 0.1) is 0 Å².